The summed E-state index contributed by atoms with van der Waals surface area (Å²) in [5, 5.41) is 27.9. The van der Waals surface area contributed by atoms with Gasteiger partial charge >= 0.3 is 0 Å². The molecule has 1 N–H and O–H groups in total. The summed E-state index contributed by atoms with van der Waals surface area (Å²) in [6, 6.07) is 6.15. The van der Waals surface area contributed by atoms with Crippen molar-refractivity contribution < 1.29 is 4.92 Å². The molecule has 0 aliphatic heterocycles. The van der Waals surface area contributed by atoms with E-state index in [0.29, 0.717) is 5.69 Å². The number of hydrogen-bond acceptors (Lipinski definition) is 5. The third kappa shape index (κ3) is 3.54. The molecular formula is C17H21N5O2. The number of non-ortho nitro benzene ring substituents is 1. The molecule has 1 atom stereocenters. The lowest BCUT2D eigenvalue weighted by Gasteiger charge is -2.19. The van der Waals surface area contributed by atoms with Crippen LogP contribution >= 0.6 is 0 Å². The lowest BCUT2D eigenvalue weighted by atomic mass is 10.1. The number of rotatable bonds is 4. The van der Waals surface area contributed by atoms with Crippen molar-refractivity contribution in [2.24, 2.45) is 0 Å². The topological polar surface area (TPSA) is 96.8 Å². The number of hydrogen-bond donors (Lipinski definition) is 1. The van der Waals surface area contributed by atoms with E-state index >= 15 is 0 Å². The van der Waals surface area contributed by atoms with Gasteiger partial charge in [-0.15, -0.1) is 0 Å². The van der Waals surface area contributed by atoms with E-state index in [1.165, 1.54) is 12.1 Å². The van der Waals surface area contributed by atoms with E-state index in [2.05, 4.69) is 31.2 Å². The molecule has 126 valence electrons. The van der Waals surface area contributed by atoms with Crippen molar-refractivity contribution in [2.45, 2.75) is 46.2 Å². The predicted octanol–water partition coefficient (Wildman–Crippen LogP) is 3.90. The Morgan fingerprint density at radius 3 is 2.58 bits per heavy atom. The number of anilines is 1. The number of aromatic nitrogens is 2. The molecule has 1 aromatic carbocycles. The fourth-order valence-electron chi connectivity index (χ4n) is 2.42. The summed E-state index contributed by atoms with van der Waals surface area (Å²) in [5.74, 6) is 0. The van der Waals surface area contributed by atoms with Crippen LogP contribution in [0.15, 0.2) is 24.4 Å². The van der Waals surface area contributed by atoms with Gasteiger partial charge in [-0.25, -0.2) is 0 Å². The Kier molecular flexibility index (Phi) is 4.60. The summed E-state index contributed by atoms with van der Waals surface area (Å²) in [5.41, 5.74) is 2.53. The zero-order valence-corrected chi connectivity index (χ0v) is 14.5. The Hall–Kier alpha value is -2.88. The molecule has 0 aliphatic carbocycles. The number of aryl methyl sites for hydroxylation is 1. The van der Waals surface area contributed by atoms with Gasteiger partial charge in [0.2, 0.25) is 0 Å². The Bertz CT molecular complexity index is 811. The number of nitrogens with one attached hydrogen (secondary N) is 1. The van der Waals surface area contributed by atoms with Gasteiger partial charge in [0.15, 0.2) is 0 Å². The van der Waals surface area contributed by atoms with E-state index in [1.54, 1.807) is 6.07 Å². The fourth-order valence-corrected chi connectivity index (χ4v) is 2.42. The molecule has 0 bridgehead atoms. The maximum Gasteiger partial charge on any atom is 0.270 e. The largest absolute Gasteiger partial charge is 0.377 e. The minimum Gasteiger partial charge on any atom is -0.377 e. The standard InChI is InChI=1S/C17H21N5O2/c1-11(15-10-21(17(3,4)5)20-12(15)2)19-16-7-6-14(22(23)24)8-13(16)9-18/h6-8,10-11,19H,1-5H3. The molecule has 0 saturated heterocycles. The summed E-state index contributed by atoms with van der Waals surface area (Å²) in [4.78, 5) is 10.3. The Morgan fingerprint density at radius 2 is 2.08 bits per heavy atom. The first-order valence-corrected chi connectivity index (χ1v) is 7.65. The highest BCUT2D eigenvalue weighted by molar-refractivity contribution is 5.62. The van der Waals surface area contributed by atoms with Gasteiger partial charge in [-0.1, -0.05) is 0 Å². The van der Waals surface area contributed by atoms with E-state index in [0.717, 1.165) is 11.3 Å². The normalized spacial score (nSPS) is 12.5. The van der Waals surface area contributed by atoms with E-state index in [1.807, 2.05) is 30.8 Å². The molecule has 24 heavy (non-hydrogen) atoms. The number of nitriles is 1. The number of nitro benzene ring substituents is 1. The first kappa shape index (κ1) is 17.5. The molecule has 2 aromatic rings. The SMILES string of the molecule is Cc1nn(C(C)(C)C)cc1C(C)Nc1ccc([N+](=O)[O-])cc1C#N. The van der Waals surface area contributed by atoms with Crippen molar-refractivity contribution in [3.05, 3.63) is 51.3 Å². The Balaban J connectivity index is 2.30. The van der Waals surface area contributed by atoms with Gasteiger partial charge in [-0.2, -0.15) is 10.4 Å². The molecule has 1 heterocycles. The quantitative estimate of drug-likeness (QED) is 0.678. The molecule has 0 radical (unpaired) electrons. The summed E-state index contributed by atoms with van der Waals surface area (Å²) < 4.78 is 1.91. The van der Waals surface area contributed by atoms with Crippen molar-refractivity contribution in [3.8, 4) is 6.07 Å². The Labute approximate surface area is 141 Å². The van der Waals surface area contributed by atoms with Gasteiger partial charge in [-0.3, -0.25) is 14.8 Å². The van der Waals surface area contributed by atoms with Crippen LogP contribution < -0.4 is 5.32 Å². The molecule has 0 amide bonds. The van der Waals surface area contributed by atoms with Crippen LogP contribution in [-0.2, 0) is 5.54 Å². The van der Waals surface area contributed by atoms with Gasteiger partial charge in [0.05, 0.1) is 33.4 Å². The zero-order valence-electron chi connectivity index (χ0n) is 14.5. The zero-order chi connectivity index (χ0) is 18.1. The van der Waals surface area contributed by atoms with Gasteiger partial charge in [-0.05, 0) is 40.7 Å². The third-order valence-electron chi connectivity index (χ3n) is 3.80. The average Bonchev–Trinajstić information content (AvgIpc) is 2.89. The lowest BCUT2D eigenvalue weighted by Crippen LogP contribution is -2.22. The van der Waals surface area contributed by atoms with Gasteiger partial charge in [0.25, 0.3) is 5.69 Å². The van der Waals surface area contributed by atoms with E-state index in [9.17, 15) is 15.4 Å². The van der Waals surface area contributed by atoms with Crippen molar-refractivity contribution in [1.82, 2.24) is 9.78 Å². The summed E-state index contributed by atoms with van der Waals surface area (Å²) >= 11 is 0. The minimum atomic E-state index is -0.508. The fraction of sp³-hybridized carbons (Fsp3) is 0.412. The van der Waals surface area contributed by atoms with Crippen LogP contribution in [0.1, 0.15) is 50.6 Å². The molecule has 1 aromatic heterocycles. The van der Waals surface area contributed by atoms with Crippen molar-refractivity contribution in [3.63, 3.8) is 0 Å². The molecule has 7 heteroatoms. The second kappa shape index (κ2) is 6.32. The molecule has 0 fully saturated rings. The van der Waals surface area contributed by atoms with Crippen LogP contribution in [0.3, 0.4) is 0 Å². The Morgan fingerprint density at radius 1 is 1.42 bits per heavy atom. The monoisotopic (exact) mass is 327 g/mol. The van der Waals surface area contributed by atoms with Crippen LogP contribution in [0.25, 0.3) is 0 Å². The molecule has 7 nitrogen and oxygen atoms in total. The van der Waals surface area contributed by atoms with Crippen LogP contribution in [0.5, 0.6) is 0 Å². The smallest absolute Gasteiger partial charge is 0.270 e. The minimum absolute atomic E-state index is 0.0883. The van der Waals surface area contributed by atoms with Crippen LogP contribution in [0, 0.1) is 28.4 Å². The number of nitrogens with zero attached hydrogens (tertiary/aromatic N) is 4. The molecular weight excluding hydrogens is 306 g/mol. The molecule has 2 rings (SSSR count). The van der Waals surface area contributed by atoms with Gasteiger partial charge in [0.1, 0.15) is 6.07 Å². The molecule has 0 saturated carbocycles. The van der Waals surface area contributed by atoms with E-state index in [4.69, 9.17) is 0 Å². The average molecular weight is 327 g/mol. The second-order valence-corrected chi connectivity index (χ2v) is 6.75. The second-order valence-electron chi connectivity index (χ2n) is 6.75. The number of nitro groups is 1. The molecule has 0 spiro atoms. The first-order valence-electron chi connectivity index (χ1n) is 7.65. The van der Waals surface area contributed by atoms with Crippen LogP contribution in [0.2, 0.25) is 0 Å². The maximum absolute atomic E-state index is 10.8. The van der Waals surface area contributed by atoms with Crippen molar-refractivity contribution in [2.75, 3.05) is 5.32 Å². The maximum atomic E-state index is 10.8. The van der Waals surface area contributed by atoms with Crippen LogP contribution in [0.4, 0.5) is 11.4 Å². The highest BCUT2D eigenvalue weighted by Crippen LogP contribution is 2.27. The molecule has 1 unspecified atom stereocenters. The lowest BCUT2D eigenvalue weighted by molar-refractivity contribution is -0.384. The van der Waals surface area contributed by atoms with Crippen LogP contribution in [-0.4, -0.2) is 14.7 Å². The highest BCUT2D eigenvalue weighted by Gasteiger charge is 2.20. The summed E-state index contributed by atoms with van der Waals surface area (Å²) in [6.45, 7) is 10.1. The van der Waals surface area contributed by atoms with Gasteiger partial charge < -0.3 is 5.32 Å². The van der Waals surface area contributed by atoms with E-state index < -0.39 is 4.92 Å². The van der Waals surface area contributed by atoms with Crippen molar-refractivity contribution in [1.29, 1.82) is 5.26 Å². The summed E-state index contributed by atoms with van der Waals surface area (Å²) in [7, 11) is 0. The van der Waals surface area contributed by atoms with Gasteiger partial charge in [0, 0.05) is 23.9 Å². The number of benzene rings is 1. The van der Waals surface area contributed by atoms with E-state index in [-0.39, 0.29) is 22.8 Å². The summed E-state index contributed by atoms with van der Waals surface area (Å²) in [6.07, 6.45) is 1.99. The molecule has 0 aliphatic rings. The predicted molar refractivity (Wildman–Crippen MR) is 91.8 cm³/mol. The van der Waals surface area contributed by atoms with Crippen molar-refractivity contribution >= 4 is 11.4 Å². The third-order valence-corrected chi connectivity index (χ3v) is 3.80. The highest BCUT2D eigenvalue weighted by atomic mass is 16.6. The first-order chi connectivity index (χ1) is 11.1.